The van der Waals surface area contributed by atoms with Crippen molar-refractivity contribution in [2.75, 3.05) is 0 Å². The van der Waals surface area contributed by atoms with Gasteiger partial charge in [0.05, 0.1) is 0 Å². The van der Waals surface area contributed by atoms with Gasteiger partial charge in [-0.1, -0.05) is 237 Å². The molecule has 72 heavy (non-hydrogen) atoms. The molecule has 0 N–H and O–H groups in total. The van der Waals surface area contributed by atoms with Crippen LogP contribution in [0.15, 0.2) is 285 Å². The van der Waals surface area contributed by atoms with E-state index in [2.05, 4.69) is 273 Å². The van der Waals surface area contributed by atoms with Crippen LogP contribution in [0.1, 0.15) is 0 Å². The smallest absolute Gasteiger partial charge is 0.164 e. The van der Waals surface area contributed by atoms with E-state index in [0.29, 0.717) is 17.5 Å². The summed E-state index contributed by atoms with van der Waals surface area (Å²) < 4.78 is 0. The topological polar surface area (TPSA) is 38.7 Å². The van der Waals surface area contributed by atoms with Gasteiger partial charge in [0, 0.05) is 16.7 Å². The Morgan fingerprint density at radius 1 is 0.125 bits per heavy atom. The van der Waals surface area contributed by atoms with Crippen LogP contribution in [-0.4, -0.2) is 15.0 Å². The molecule has 0 bridgehead atoms. The fraction of sp³-hybridized carbons (Fsp3) is 0. The first kappa shape index (κ1) is 43.7. The number of rotatable bonds is 11. The molecule has 0 fully saturated rings. The van der Waals surface area contributed by atoms with E-state index in [1.165, 1.54) is 33.4 Å². The van der Waals surface area contributed by atoms with Crippen LogP contribution >= 0.6 is 0 Å². The van der Waals surface area contributed by atoms with Crippen molar-refractivity contribution >= 4 is 0 Å². The lowest BCUT2D eigenvalue weighted by molar-refractivity contribution is 1.07. The molecule has 1 heterocycles. The van der Waals surface area contributed by atoms with Gasteiger partial charge in [-0.05, 0) is 138 Å². The highest BCUT2D eigenvalue weighted by Gasteiger charge is 2.16. The lowest BCUT2D eigenvalue weighted by atomic mass is 9.91. The normalized spacial score (nSPS) is 11.1. The largest absolute Gasteiger partial charge is 0.208 e. The van der Waals surface area contributed by atoms with Gasteiger partial charge < -0.3 is 0 Å². The molecule has 0 aliphatic heterocycles. The van der Waals surface area contributed by atoms with Crippen molar-refractivity contribution in [3.63, 3.8) is 0 Å². The first-order valence-corrected chi connectivity index (χ1v) is 24.4. The van der Waals surface area contributed by atoms with Crippen LogP contribution in [-0.2, 0) is 0 Å². The maximum absolute atomic E-state index is 5.18. The third-order valence-corrected chi connectivity index (χ3v) is 13.3. The minimum atomic E-state index is 0.613. The molecule has 0 aliphatic carbocycles. The standard InChI is InChI=1S/C69H47N3/c1-5-18-48(19-6-1)52-36-38-53(39-37-52)67-70-68(62-34-16-27-55(43-62)50-22-9-3-10-23-50)72-69(71-67)63-35-17-31-59(44-63)57-29-14-28-56(41-57)58-30-15-33-61(42-58)66-46-64(51-24-11-4-12-25-51)45-65(47-66)60-32-13-26-54(40-60)49-20-7-2-8-21-49/h1-47H. The summed E-state index contributed by atoms with van der Waals surface area (Å²) in [6, 6.07) is 101. The molecule has 11 aromatic carbocycles. The maximum atomic E-state index is 5.18. The SMILES string of the molecule is c1ccc(-c2ccc(-c3nc(-c4cccc(-c5ccccc5)c4)nc(-c4cccc(-c5cccc(-c6cccc(-c7cc(-c8ccccc8)cc(-c8cccc(-c9ccccc9)c8)c7)c6)c5)c4)n3)cc2)cc1. The van der Waals surface area contributed by atoms with Crippen molar-refractivity contribution in [2.45, 2.75) is 0 Å². The quantitative estimate of drug-likeness (QED) is 0.130. The maximum Gasteiger partial charge on any atom is 0.164 e. The molecule has 0 saturated carbocycles. The summed E-state index contributed by atoms with van der Waals surface area (Å²) in [7, 11) is 0. The van der Waals surface area contributed by atoms with Crippen LogP contribution < -0.4 is 0 Å². The van der Waals surface area contributed by atoms with E-state index in [0.717, 1.165) is 72.3 Å². The fourth-order valence-corrected chi connectivity index (χ4v) is 9.54. The molecule has 0 atom stereocenters. The first-order chi connectivity index (χ1) is 35.6. The summed E-state index contributed by atoms with van der Waals surface area (Å²) in [6.07, 6.45) is 0. The predicted molar refractivity (Wildman–Crippen MR) is 300 cm³/mol. The Hall–Kier alpha value is -9.57. The van der Waals surface area contributed by atoms with Crippen LogP contribution in [0.2, 0.25) is 0 Å². The number of nitrogens with zero attached hydrogens (tertiary/aromatic N) is 3. The molecule has 0 unspecified atom stereocenters. The van der Waals surface area contributed by atoms with E-state index < -0.39 is 0 Å². The highest BCUT2D eigenvalue weighted by molar-refractivity contribution is 5.85. The molecule has 0 radical (unpaired) electrons. The van der Waals surface area contributed by atoms with E-state index in [4.69, 9.17) is 15.0 Å². The van der Waals surface area contributed by atoms with Crippen molar-refractivity contribution < 1.29 is 0 Å². The van der Waals surface area contributed by atoms with Crippen molar-refractivity contribution in [3.8, 4) is 123 Å². The van der Waals surface area contributed by atoms with E-state index in [9.17, 15) is 0 Å². The Balaban J connectivity index is 0.896. The van der Waals surface area contributed by atoms with Gasteiger partial charge in [0.1, 0.15) is 0 Å². The highest BCUT2D eigenvalue weighted by atomic mass is 15.0. The molecule has 338 valence electrons. The Morgan fingerprint density at radius 3 is 0.653 bits per heavy atom. The number of aromatic nitrogens is 3. The fourth-order valence-electron chi connectivity index (χ4n) is 9.54. The minimum Gasteiger partial charge on any atom is -0.208 e. The van der Waals surface area contributed by atoms with Crippen LogP contribution in [0.4, 0.5) is 0 Å². The Morgan fingerprint density at radius 2 is 0.306 bits per heavy atom. The summed E-state index contributed by atoms with van der Waals surface area (Å²) in [5, 5.41) is 0. The predicted octanol–water partition coefficient (Wildman–Crippen LogP) is 18.2. The summed E-state index contributed by atoms with van der Waals surface area (Å²) in [6.45, 7) is 0. The van der Waals surface area contributed by atoms with Gasteiger partial charge in [-0.3, -0.25) is 0 Å². The molecule has 0 saturated heterocycles. The zero-order valence-electron chi connectivity index (χ0n) is 39.5. The van der Waals surface area contributed by atoms with Crippen LogP contribution in [0.5, 0.6) is 0 Å². The monoisotopic (exact) mass is 917 g/mol. The van der Waals surface area contributed by atoms with Crippen molar-refractivity contribution in [1.29, 1.82) is 0 Å². The molecule has 12 aromatic rings. The van der Waals surface area contributed by atoms with Gasteiger partial charge in [-0.25, -0.2) is 15.0 Å². The van der Waals surface area contributed by atoms with Gasteiger partial charge >= 0.3 is 0 Å². The van der Waals surface area contributed by atoms with E-state index in [1.54, 1.807) is 0 Å². The zero-order valence-corrected chi connectivity index (χ0v) is 39.5. The third kappa shape index (κ3) is 9.43. The number of hydrogen-bond donors (Lipinski definition) is 0. The van der Waals surface area contributed by atoms with Gasteiger partial charge in [0.2, 0.25) is 0 Å². The second-order valence-corrected chi connectivity index (χ2v) is 18.1. The van der Waals surface area contributed by atoms with E-state index >= 15 is 0 Å². The second kappa shape index (κ2) is 19.8. The molecule has 0 amide bonds. The molecule has 0 spiro atoms. The zero-order chi connectivity index (χ0) is 48.1. The minimum absolute atomic E-state index is 0.613. The van der Waals surface area contributed by atoms with Crippen LogP contribution in [0.3, 0.4) is 0 Å². The lowest BCUT2D eigenvalue weighted by Gasteiger charge is -2.14. The van der Waals surface area contributed by atoms with Crippen molar-refractivity contribution in [2.24, 2.45) is 0 Å². The summed E-state index contributed by atoms with van der Waals surface area (Å²) in [5.74, 6) is 1.85. The third-order valence-electron chi connectivity index (χ3n) is 13.3. The highest BCUT2D eigenvalue weighted by Crippen LogP contribution is 2.37. The average Bonchev–Trinajstić information content (AvgIpc) is 3.48. The van der Waals surface area contributed by atoms with Gasteiger partial charge in [-0.15, -0.1) is 0 Å². The second-order valence-electron chi connectivity index (χ2n) is 18.1. The molecule has 0 aliphatic rings. The molecule has 12 rings (SSSR count). The van der Waals surface area contributed by atoms with Crippen LogP contribution in [0.25, 0.3) is 123 Å². The van der Waals surface area contributed by atoms with Crippen molar-refractivity contribution in [1.82, 2.24) is 15.0 Å². The lowest BCUT2D eigenvalue weighted by Crippen LogP contribution is -2.00. The van der Waals surface area contributed by atoms with Gasteiger partial charge in [0.15, 0.2) is 17.5 Å². The van der Waals surface area contributed by atoms with E-state index in [-0.39, 0.29) is 0 Å². The number of hydrogen-bond acceptors (Lipinski definition) is 3. The molecule has 3 heteroatoms. The summed E-state index contributed by atoms with van der Waals surface area (Å²) in [4.78, 5) is 15.5. The summed E-state index contributed by atoms with van der Waals surface area (Å²) in [5.41, 5.74) is 21.2. The Labute approximate surface area is 421 Å². The van der Waals surface area contributed by atoms with E-state index in [1.807, 2.05) is 12.1 Å². The first-order valence-electron chi connectivity index (χ1n) is 24.4. The van der Waals surface area contributed by atoms with Gasteiger partial charge in [-0.2, -0.15) is 0 Å². The van der Waals surface area contributed by atoms with Crippen molar-refractivity contribution in [3.05, 3.63) is 285 Å². The van der Waals surface area contributed by atoms with Gasteiger partial charge in [0.25, 0.3) is 0 Å². The summed E-state index contributed by atoms with van der Waals surface area (Å²) >= 11 is 0. The molecule has 3 nitrogen and oxygen atoms in total. The Bertz CT molecular complexity index is 3830. The Kier molecular flexibility index (Phi) is 12.0. The molecule has 1 aromatic heterocycles. The molecular weight excluding hydrogens is 871 g/mol. The average molecular weight is 918 g/mol. The molecular formula is C69H47N3. The van der Waals surface area contributed by atoms with Crippen LogP contribution in [0, 0.1) is 0 Å². The number of benzene rings is 11.